The minimum atomic E-state index is -0.213. The summed E-state index contributed by atoms with van der Waals surface area (Å²) in [5.41, 5.74) is 2.33. The maximum absolute atomic E-state index is 12.2. The van der Waals surface area contributed by atoms with Gasteiger partial charge < -0.3 is 9.15 Å². The SMILES string of the molecule is C=C(Oc1cc(=O)c2cc(Cl)ccc2o1)c1ccc(C(C)(C)C)cc1. The molecule has 0 bridgehead atoms. The summed E-state index contributed by atoms with van der Waals surface area (Å²) in [7, 11) is 0. The Labute approximate surface area is 151 Å². The van der Waals surface area contributed by atoms with Gasteiger partial charge in [0.15, 0.2) is 5.43 Å². The topological polar surface area (TPSA) is 39.4 Å². The highest BCUT2D eigenvalue weighted by molar-refractivity contribution is 6.31. The first-order chi connectivity index (χ1) is 11.7. The molecule has 0 amide bonds. The molecule has 128 valence electrons. The van der Waals surface area contributed by atoms with Gasteiger partial charge in [-0.3, -0.25) is 4.79 Å². The number of benzene rings is 2. The molecule has 0 radical (unpaired) electrons. The van der Waals surface area contributed by atoms with Crippen LogP contribution in [0.5, 0.6) is 5.95 Å². The predicted octanol–water partition coefficient (Wildman–Crippen LogP) is 5.79. The van der Waals surface area contributed by atoms with Crippen LogP contribution in [-0.4, -0.2) is 0 Å². The zero-order valence-corrected chi connectivity index (χ0v) is 15.2. The van der Waals surface area contributed by atoms with Crippen molar-refractivity contribution in [2.75, 3.05) is 0 Å². The molecule has 0 aliphatic rings. The average Bonchev–Trinajstić information content (AvgIpc) is 2.55. The van der Waals surface area contributed by atoms with E-state index in [4.69, 9.17) is 20.8 Å². The first-order valence-corrected chi connectivity index (χ1v) is 8.33. The Hall–Kier alpha value is -2.52. The molecule has 0 fully saturated rings. The van der Waals surface area contributed by atoms with Gasteiger partial charge in [-0.25, -0.2) is 0 Å². The van der Waals surface area contributed by atoms with Crippen molar-refractivity contribution in [3.05, 3.63) is 81.5 Å². The van der Waals surface area contributed by atoms with Gasteiger partial charge in [-0.05, 0) is 29.2 Å². The third-order valence-electron chi connectivity index (χ3n) is 3.96. The summed E-state index contributed by atoms with van der Waals surface area (Å²) in [6, 6.07) is 14.2. The average molecular weight is 355 g/mol. The highest BCUT2D eigenvalue weighted by Crippen LogP contribution is 2.26. The molecule has 25 heavy (non-hydrogen) atoms. The number of hydrogen-bond acceptors (Lipinski definition) is 3. The second kappa shape index (κ2) is 6.41. The summed E-state index contributed by atoms with van der Waals surface area (Å²) >= 11 is 5.91. The van der Waals surface area contributed by atoms with Crippen LogP contribution < -0.4 is 10.2 Å². The number of hydrogen-bond donors (Lipinski definition) is 0. The Balaban J connectivity index is 1.87. The number of rotatable bonds is 3. The van der Waals surface area contributed by atoms with Crippen molar-refractivity contribution in [3.8, 4) is 5.95 Å². The van der Waals surface area contributed by atoms with Crippen LogP contribution >= 0.6 is 11.6 Å². The van der Waals surface area contributed by atoms with E-state index < -0.39 is 0 Å². The van der Waals surface area contributed by atoms with E-state index in [9.17, 15) is 4.79 Å². The fraction of sp³-hybridized carbons (Fsp3) is 0.190. The lowest BCUT2D eigenvalue weighted by Crippen LogP contribution is -2.10. The first-order valence-electron chi connectivity index (χ1n) is 7.95. The van der Waals surface area contributed by atoms with Gasteiger partial charge >= 0.3 is 0 Å². The van der Waals surface area contributed by atoms with Crippen molar-refractivity contribution in [1.29, 1.82) is 0 Å². The van der Waals surface area contributed by atoms with Crippen molar-refractivity contribution in [3.63, 3.8) is 0 Å². The Morgan fingerprint density at radius 1 is 1.08 bits per heavy atom. The van der Waals surface area contributed by atoms with Crippen LogP contribution in [-0.2, 0) is 5.41 Å². The van der Waals surface area contributed by atoms with Crippen molar-refractivity contribution in [2.24, 2.45) is 0 Å². The molecule has 0 atom stereocenters. The summed E-state index contributed by atoms with van der Waals surface area (Å²) in [4.78, 5) is 12.2. The summed E-state index contributed by atoms with van der Waals surface area (Å²) in [5.74, 6) is 0.515. The van der Waals surface area contributed by atoms with Crippen molar-refractivity contribution in [1.82, 2.24) is 0 Å². The Morgan fingerprint density at radius 2 is 1.76 bits per heavy atom. The second-order valence-electron chi connectivity index (χ2n) is 6.92. The maximum Gasteiger partial charge on any atom is 0.294 e. The van der Waals surface area contributed by atoms with E-state index in [0.717, 1.165) is 5.56 Å². The molecule has 0 unspecified atom stereocenters. The number of ether oxygens (including phenoxy) is 1. The molecule has 1 heterocycles. The Morgan fingerprint density at radius 3 is 2.40 bits per heavy atom. The molecule has 0 aliphatic carbocycles. The Kier molecular flexibility index (Phi) is 4.44. The molecule has 2 aromatic carbocycles. The van der Waals surface area contributed by atoms with Gasteiger partial charge in [0.25, 0.3) is 5.95 Å². The van der Waals surface area contributed by atoms with E-state index in [1.807, 2.05) is 24.3 Å². The third-order valence-corrected chi connectivity index (χ3v) is 4.20. The summed E-state index contributed by atoms with van der Waals surface area (Å²) in [6.07, 6.45) is 0. The van der Waals surface area contributed by atoms with E-state index in [0.29, 0.717) is 21.8 Å². The van der Waals surface area contributed by atoms with E-state index in [1.165, 1.54) is 11.6 Å². The second-order valence-corrected chi connectivity index (χ2v) is 7.36. The molecule has 0 N–H and O–H groups in total. The van der Waals surface area contributed by atoms with Crippen LogP contribution in [0.3, 0.4) is 0 Å². The fourth-order valence-electron chi connectivity index (χ4n) is 2.49. The van der Waals surface area contributed by atoms with Gasteiger partial charge in [0.2, 0.25) is 0 Å². The van der Waals surface area contributed by atoms with Gasteiger partial charge in [-0.1, -0.05) is 63.2 Å². The van der Waals surface area contributed by atoms with Crippen LogP contribution in [0, 0.1) is 0 Å². The maximum atomic E-state index is 12.2. The van der Waals surface area contributed by atoms with Gasteiger partial charge in [-0.15, -0.1) is 0 Å². The molecule has 0 spiro atoms. The number of fused-ring (bicyclic) bond motifs is 1. The third kappa shape index (κ3) is 3.77. The Bertz CT molecular complexity index is 992. The fourth-order valence-corrected chi connectivity index (χ4v) is 2.67. The minimum Gasteiger partial charge on any atom is -0.426 e. The molecule has 3 rings (SSSR count). The molecule has 4 heteroatoms. The lowest BCUT2D eigenvalue weighted by atomic mass is 9.86. The molecule has 0 saturated heterocycles. The van der Waals surface area contributed by atoms with Gasteiger partial charge in [0.05, 0.1) is 11.5 Å². The van der Waals surface area contributed by atoms with Crippen molar-refractivity contribution < 1.29 is 9.15 Å². The summed E-state index contributed by atoms with van der Waals surface area (Å²) in [5, 5.41) is 0.900. The van der Waals surface area contributed by atoms with Gasteiger partial charge in [0.1, 0.15) is 11.3 Å². The molecule has 0 saturated carbocycles. The van der Waals surface area contributed by atoms with Crippen LogP contribution in [0.15, 0.2) is 64.3 Å². The molecule has 0 aliphatic heterocycles. The lowest BCUT2D eigenvalue weighted by Gasteiger charge is -2.19. The van der Waals surface area contributed by atoms with E-state index in [-0.39, 0.29) is 16.8 Å². The summed E-state index contributed by atoms with van der Waals surface area (Å²) < 4.78 is 11.3. The van der Waals surface area contributed by atoms with Crippen molar-refractivity contribution >= 4 is 28.3 Å². The normalized spacial score (nSPS) is 11.5. The van der Waals surface area contributed by atoms with E-state index in [2.05, 4.69) is 27.4 Å². The lowest BCUT2D eigenvalue weighted by molar-refractivity contribution is 0.373. The van der Waals surface area contributed by atoms with E-state index >= 15 is 0 Å². The highest BCUT2D eigenvalue weighted by atomic mass is 35.5. The van der Waals surface area contributed by atoms with Crippen LogP contribution in [0.1, 0.15) is 31.9 Å². The van der Waals surface area contributed by atoms with Gasteiger partial charge in [0, 0.05) is 10.6 Å². The quantitative estimate of drug-likeness (QED) is 0.558. The predicted molar refractivity (Wildman–Crippen MR) is 102 cm³/mol. The summed E-state index contributed by atoms with van der Waals surface area (Å²) in [6.45, 7) is 10.4. The van der Waals surface area contributed by atoms with Crippen LogP contribution in [0.4, 0.5) is 0 Å². The molecular weight excluding hydrogens is 336 g/mol. The highest BCUT2D eigenvalue weighted by Gasteiger charge is 2.14. The van der Waals surface area contributed by atoms with Gasteiger partial charge in [-0.2, -0.15) is 0 Å². The van der Waals surface area contributed by atoms with Crippen molar-refractivity contribution in [2.45, 2.75) is 26.2 Å². The first kappa shape index (κ1) is 17.3. The zero-order chi connectivity index (χ0) is 18.2. The smallest absolute Gasteiger partial charge is 0.294 e. The number of halogens is 1. The minimum absolute atomic E-state index is 0.0765. The molecular formula is C21H19ClO3. The standard InChI is InChI=1S/C21H19ClO3/c1-13(14-5-7-15(8-6-14)21(2,3)4)24-20-12-18(23)17-11-16(22)9-10-19(17)25-20/h5-12H,1H2,2-4H3. The molecule has 3 nitrogen and oxygen atoms in total. The monoisotopic (exact) mass is 354 g/mol. The molecule has 1 aromatic heterocycles. The van der Waals surface area contributed by atoms with Crippen LogP contribution in [0.25, 0.3) is 16.7 Å². The van der Waals surface area contributed by atoms with Crippen LogP contribution in [0.2, 0.25) is 5.02 Å². The van der Waals surface area contributed by atoms with E-state index in [1.54, 1.807) is 18.2 Å². The zero-order valence-electron chi connectivity index (χ0n) is 14.4. The molecule has 3 aromatic rings. The largest absolute Gasteiger partial charge is 0.426 e.